The summed E-state index contributed by atoms with van der Waals surface area (Å²) in [5.74, 6) is -0.257. The Morgan fingerprint density at radius 3 is 2.77 bits per heavy atom. The van der Waals surface area contributed by atoms with Gasteiger partial charge in [0.1, 0.15) is 5.82 Å². The van der Waals surface area contributed by atoms with E-state index in [9.17, 15) is 4.39 Å². The molecule has 72 valence electrons. The van der Waals surface area contributed by atoms with E-state index in [1.807, 2.05) is 0 Å². The Morgan fingerprint density at radius 2 is 2.15 bits per heavy atom. The second-order valence-electron chi connectivity index (χ2n) is 3.01. The Morgan fingerprint density at radius 1 is 1.46 bits per heavy atom. The van der Waals surface area contributed by atoms with Crippen molar-refractivity contribution in [2.24, 2.45) is 0 Å². The van der Waals surface area contributed by atoms with Crippen LogP contribution in [0.5, 0.6) is 0 Å². The SMILES string of the molecule is CCCNc1cc(C)c(F)cc1Cl. The van der Waals surface area contributed by atoms with Gasteiger partial charge >= 0.3 is 0 Å². The van der Waals surface area contributed by atoms with Crippen LogP contribution in [0.15, 0.2) is 12.1 Å². The minimum atomic E-state index is -0.257. The molecule has 1 aromatic carbocycles. The Labute approximate surface area is 82.9 Å². The number of hydrogen-bond donors (Lipinski definition) is 1. The second-order valence-corrected chi connectivity index (χ2v) is 3.42. The molecule has 0 bridgehead atoms. The number of rotatable bonds is 3. The summed E-state index contributed by atoms with van der Waals surface area (Å²) < 4.78 is 13.0. The first-order valence-corrected chi connectivity index (χ1v) is 4.72. The Bertz CT molecular complexity index is 299. The molecule has 0 atom stereocenters. The van der Waals surface area contributed by atoms with Crippen molar-refractivity contribution in [2.75, 3.05) is 11.9 Å². The van der Waals surface area contributed by atoms with Crippen LogP contribution >= 0.6 is 11.6 Å². The van der Waals surface area contributed by atoms with E-state index in [1.165, 1.54) is 6.07 Å². The average molecular weight is 202 g/mol. The van der Waals surface area contributed by atoms with E-state index in [0.717, 1.165) is 18.7 Å². The maximum Gasteiger partial charge on any atom is 0.127 e. The van der Waals surface area contributed by atoms with E-state index in [2.05, 4.69) is 12.2 Å². The molecule has 0 unspecified atom stereocenters. The van der Waals surface area contributed by atoms with Crippen molar-refractivity contribution in [3.8, 4) is 0 Å². The third-order valence-corrected chi connectivity index (χ3v) is 2.13. The van der Waals surface area contributed by atoms with Crippen LogP contribution in [-0.2, 0) is 0 Å². The lowest BCUT2D eigenvalue weighted by atomic mass is 10.2. The van der Waals surface area contributed by atoms with Crippen molar-refractivity contribution in [1.29, 1.82) is 0 Å². The van der Waals surface area contributed by atoms with Gasteiger partial charge in [0.25, 0.3) is 0 Å². The molecule has 0 saturated heterocycles. The monoisotopic (exact) mass is 201 g/mol. The molecule has 0 aromatic heterocycles. The van der Waals surface area contributed by atoms with Gasteiger partial charge in [-0.25, -0.2) is 4.39 Å². The largest absolute Gasteiger partial charge is 0.384 e. The number of benzene rings is 1. The van der Waals surface area contributed by atoms with Gasteiger partial charge in [-0.05, 0) is 31.0 Å². The van der Waals surface area contributed by atoms with Crippen molar-refractivity contribution in [2.45, 2.75) is 20.3 Å². The first-order chi connectivity index (χ1) is 6.15. The molecule has 1 aromatic rings. The van der Waals surface area contributed by atoms with Crippen molar-refractivity contribution < 1.29 is 4.39 Å². The maximum absolute atomic E-state index is 13.0. The number of anilines is 1. The zero-order valence-corrected chi connectivity index (χ0v) is 8.58. The van der Waals surface area contributed by atoms with Gasteiger partial charge in [0.15, 0.2) is 0 Å². The van der Waals surface area contributed by atoms with Crippen LogP contribution < -0.4 is 5.32 Å². The van der Waals surface area contributed by atoms with Crippen molar-refractivity contribution >= 4 is 17.3 Å². The number of hydrogen-bond acceptors (Lipinski definition) is 1. The molecular weight excluding hydrogens is 189 g/mol. The molecule has 1 rings (SSSR count). The average Bonchev–Trinajstić information content (AvgIpc) is 2.09. The first-order valence-electron chi connectivity index (χ1n) is 4.34. The lowest BCUT2D eigenvalue weighted by Crippen LogP contribution is -2.01. The van der Waals surface area contributed by atoms with Gasteiger partial charge < -0.3 is 5.32 Å². The molecule has 0 aliphatic rings. The summed E-state index contributed by atoms with van der Waals surface area (Å²) in [6.45, 7) is 4.64. The Kier molecular flexibility index (Phi) is 3.55. The predicted molar refractivity (Wildman–Crippen MR) is 54.9 cm³/mol. The van der Waals surface area contributed by atoms with Crippen LogP contribution in [-0.4, -0.2) is 6.54 Å². The minimum absolute atomic E-state index is 0.257. The van der Waals surface area contributed by atoms with Crippen LogP contribution in [0.4, 0.5) is 10.1 Å². The van der Waals surface area contributed by atoms with Crippen molar-refractivity contribution in [3.63, 3.8) is 0 Å². The van der Waals surface area contributed by atoms with Gasteiger partial charge in [-0.1, -0.05) is 18.5 Å². The summed E-state index contributed by atoms with van der Waals surface area (Å²) in [5, 5.41) is 3.57. The highest BCUT2D eigenvalue weighted by molar-refractivity contribution is 6.33. The zero-order valence-electron chi connectivity index (χ0n) is 7.82. The normalized spacial score (nSPS) is 10.2. The lowest BCUT2D eigenvalue weighted by Gasteiger charge is -2.08. The molecule has 0 radical (unpaired) electrons. The van der Waals surface area contributed by atoms with Crippen LogP contribution in [0.25, 0.3) is 0 Å². The number of halogens is 2. The van der Waals surface area contributed by atoms with E-state index in [1.54, 1.807) is 13.0 Å². The highest BCUT2D eigenvalue weighted by atomic mass is 35.5. The van der Waals surface area contributed by atoms with Gasteiger partial charge in [0.05, 0.1) is 10.7 Å². The molecule has 0 amide bonds. The van der Waals surface area contributed by atoms with Gasteiger partial charge in [-0.3, -0.25) is 0 Å². The van der Waals surface area contributed by atoms with E-state index in [-0.39, 0.29) is 5.82 Å². The van der Waals surface area contributed by atoms with Gasteiger partial charge in [0, 0.05) is 6.54 Å². The molecule has 1 nitrogen and oxygen atoms in total. The van der Waals surface area contributed by atoms with E-state index < -0.39 is 0 Å². The fourth-order valence-electron chi connectivity index (χ4n) is 1.05. The molecule has 13 heavy (non-hydrogen) atoms. The third kappa shape index (κ3) is 2.59. The summed E-state index contributed by atoms with van der Waals surface area (Å²) in [6.07, 6.45) is 1.02. The van der Waals surface area contributed by atoms with Crippen LogP contribution in [0.2, 0.25) is 5.02 Å². The fraction of sp³-hybridized carbons (Fsp3) is 0.400. The summed E-state index contributed by atoms with van der Waals surface area (Å²) >= 11 is 5.83. The molecule has 0 fully saturated rings. The van der Waals surface area contributed by atoms with Crippen LogP contribution in [0.1, 0.15) is 18.9 Å². The molecule has 0 heterocycles. The summed E-state index contributed by atoms with van der Waals surface area (Å²) in [6, 6.07) is 3.07. The Hall–Kier alpha value is -0.760. The Balaban J connectivity index is 2.88. The summed E-state index contributed by atoms with van der Waals surface area (Å²) in [7, 11) is 0. The molecule has 3 heteroatoms. The summed E-state index contributed by atoms with van der Waals surface area (Å²) in [4.78, 5) is 0. The third-order valence-electron chi connectivity index (χ3n) is 1.81. The standard InChI is InChI=1S/C10H13ClFN/c1-3-4-13-10-5-7(2)9(12)6-8(10)11/h5-6,13H,3-4H2,1-2H3. The minimum Gasteiger partial charge on any atom is -0.384 e. The van der Waals surface area contributed by atoms with Crippen LogP contribution in [0.3, 0.4) is 0 Å². The maximum atomic E-state index is 13.0. The predicted octanol–water partition coefficient (Wildman–Crippen LogP) is 3.61. The molecule has 0 aliphatic heterocycles. The molecular formula is C10H13ClFN. The topological polar surface area (TPSA) is 12.0 Å². The zero-order chi connectivity index (χ0) is 9.84. The van der Waals surface area contributed by atoms with E-state index in [0.29, 0.717) is 10.6 Å². The number of nitrogens with one attached hydrogen (secondary N) is 1. The van der Waals surface area contributed by atoms with Gasteiger partial charge in [0.2, 0.25) is 0 Å². The summed E-state index contributed by atoms with van der Waals surface area (Å²) in [5.41, 5.74) is 1.42. The quantitative estimate of drug-likeness (QED) is 0.788. The smallest absolute Gasteiger partial charge is 0.127 e. The van der Waals surface area contributed by atoms with E-state index in [4.69, 9.17) is 11.6 Å². The molecule has 0 saturated carbocycles. The molecule has 0 aliphatic carbocycles. The molecule has 0 spiro atoms. The molecule has 1 N–H and O–H groups in total. The lowest BCUT2D eigenvalue weighted by molar-refractivity contribution is 0.619. The second kappa shape index (κ2) is 4.47. The number of aryl methyl sites for hydroxylation is 1. The highest BCUT2D eigenvalue weighted by Crippen LogP contribution is 2.24. The van der Waals surface area contributed by atoms with Crippen LogP contribution in [0, 0.1) is 12.7 Å². The van der Waals surface area contributed by atoms with Gasteiger partial charge in [-0.15, -0.1) is 0 Å². The van der Waals surface area contributed by atoms with Crippen molar-refractivity contribution in [3.05, 3.63) is 28.5 Å². The fourth-order valence-corrected chi connectivity index (χ4v) is 1.27. The first kappa shape index (κ1) is 10.3. The van der Waals surface area contributed by atoms with Gasteiger partial charge in [-0.2, -0.15) is 0 Å². The van der Waals surface area contributed by atoms with E-state index >= 15 is 0 Å². The van der Waals surface area contributed by atoms with Crippen molar-refractivity contribution in [1.82, 2.24) is 0 Å². The highest BCUT2D eigenvalue weighted by Gasteiger charge is 2.04.